The van der Waals surface area contributed by atoms with Crippen molar-refractivity contribution in [2.24, 2.45) is 0 Å². The Balaban J connectivity index is 1.66. The second-order valence-corrected chi connectivity index (χ2v) is 7.52. The third kappa shape index (κ3) is 4.37. The van der Waals surface area contributed by atoms with Crippen molar-refractivity contribution in [1.29, 1.82) is 0 Å². The van der Waals surface area contributed by atoms with Crippen LogP contribution >= 0.6 is 0 Å². The van der Waals surface area contributed by atoms with Crippen LogP contribution in [-0.2, 0) is 11.3 Å². The number of hydrogen-bond donors (Lipinski definition) is 2. The molecule has 0 saturated heterocycles. The Labute approximate surface area is 179 Å². The Morgan fingerprint density at radius 2 is 1.87 bits per heavy atom. The van der Waals surface area contributed by atoms with E-state index in [2.05, 4.69) is 10.3 Å². The predicted molar refractivity (Wildman–Crippen MR) is 119 cm³/mol. The Morgan fingerprint density at radius 1 is 1.10 bits per heavy atom. The van der Waals surface area contributed by atoms with Crippen LogP contribution in [0.1, 0.15) is 15.9 Å². The molecule has 1 unspecified atom stereocenters. The summed E-state index contributed by atoms with van der Waals surface area (Å²) in [5.74, 6) is -0.323. The molecule has 0 radical (unpaired) electrons. The summed E-state index contributed by atoms with van der Waals surface area (Å²) >= 11 is -2.38. The average molecular weight is 435 g/mol. The predicted octanol–water partition coefficient (Wildman–Crippen LogP) is 4.02. The molecule has 2 heterocycles. The van der Waals surface area contributed by atoms with Gasteiger partial charge in [-0.25, -0.2) is 18.3 Å². The number of pyridine rings is 1. The van der Waals surface area contributed by atoms with E-state index in [0.717, 1.165) is 9.87 Å². The molecular weight excluding hydrogens is 418 g/mol. The number of fused-ring (bicyclic) bond motifs is 1. The van der Waals surface area contributed by atoms with E-state index in [0.29, 0.717) is 16.8 Å². The number of hydrogen-bond acceptors (Lipinski definition) is 5. The number of aryl methyl sites for hydroxylation is 1. The number of anilines is 3. The van der Waals surface area contributed by atoms with Gasteiger partial charge in [0.2, 0.25) is 0 Å². The zero-order chi connectivity index (χ0) is 22.0. The maximum atomic E-state index is 12.8. The van der Waals surface area contributed by atoms with Crippen LogP contribution in [0.5, 0.6) is 0 Å². The van der Waals surface area contributed by atoms with Crippen molar-refractivity contribution in [1.82, 2.24) is 4.98 Å². The molecule has 8 nitrogen and oxygen atoms in total. The Hall–Kier alpha value is -3.82. The lowest BCUT2D eigenvalue weighted by Gasteiger charge is -2.19. The first-order valence-electron chi connectivity index (χ1n) is 9.20. The molecule has 0 aliphatic carbocycles. The Bertz CT molecular complexity index is 1350. The number of carbonyl (C=O) groups excluding carboxylic acids is 1. The first kappa shape index (κ1) is 20.5. The monoisotopic (exact) mass is 435 g/mol. The Morgan fingerprint density at radius 3 is 2.61 bits per heavy atom. The van der Waals surface area contributed by atoms with Gasteiger partial charge in [-0.15, -0.1) is 0 Å². The number of carbonyl (C=O) groups is 1. The molecule has 4 rings (SSSR count). The second kappa shape index (κ2) is 8.50. The van der Waals surface area contributed by atoms with E-state index in [1.807, 2.05) is 19.1 Å². The summed E-state index contributed by atoms with van der Waals surface area (Å²) in [7, 11) is 0. The summed E-state index contributed by atoms with van der Waals surface area (Å²) in [6, 6.07) is 17.9. The van der Waals surface area contributed by atoms with Crippen LogP contribution in [0.25, 0.3) is 11.0 Å². The van der Waals surface area contributed by atoms with E-state index < -0.39 is 22.8 Å². The number of rotatable bonds is 5. The Kier molecular flexibility index (Phi) is 5.61. The van der Waals surface area contributed by atoms with Crippen molar-refractivity contribution < 1.29 is 18.0 Å². The van der Waals surface area contributed by atoms with E-state index in [9.17, 15) is 18.4 Å². The molecule has 156 valence electrons. The zero-order valence-electron chi connectivity index (χ0n) is 16.3. The number of aromatic nitrogens is 1. The molecule has 0 fully saturated rings. The number of amides is 1. The molecule has 0 bridgehead atoms. The number of nitrogens with zero attached hydrogens (tertiary/aromatic N) is 2. The van der Waals surface area contributed by atoms with Crippen LogP contribution in [0.3, 0.4) is 0 Å². The van der Waals surface area contributed by atoms with Gasteiger partial charge in [0.1, 0.15) is 5.82 Å². The molecule has 1 amide bonds. The van der Waals surface area contributed by atoms with Crippen molar-refractivity contribution in [3.05, 3.63) is 94.5 Å². The van der Waals surface area contributed by atoms with E-state index >= 15 is 0 Å². The standard InChI is InChI=1S/C22H17N3O5S/c1-14-5-8-17(9-6-14)25(31(28)29)19-13-16(11-12-23-19)24-22(27)18-4-2-3-15-7-10-20(26)30-21(15)18/h2-13H,1H3,(H,28,29)(H,23,24,27). The van der Waals surface area contributed by atoms with Crippen molar-refractivity contribution in [2.45, 2.75) is 6.92 Å². The second-order valence-electron chi connectivity index (χ2n) is 6.70. The number of para-hydroxylation sites is 1. The fourth-order valence-corrected chi connectivity index (χ4v) is 3.62. The van der Waals surface area contributed by atoms with Crippen LogP contribution in [0.15, 0.2) is 82.1 Å². The molecule has 1 atom stereocenters. The van der Waals surface area contributed by atoms with Gasteiger partial charge in [-0.3, -0.25) is 9.35 Å². The van der Waals surface area contributed by atoms with E-state index in [-0.39, 0.29) is 17.0 Å². The van der Waals surface area contributed by atoms with Gasteiger partial charge < -0.3 is 9.73 Å². The summed E-state index contributed by atoms with van der Waals surface area (Å²) < 4.78 is 28.1. The fraction of sp³-hybridized carbons (Fsp3) is 0.0455. The highest BCUT2D eigenvalue weighted by Crippen LogP contribution is 2.27. The minimum atomic E-state index is -2.38. The summed E-state index contributed by atoms with van der Waals surface area (Å²) in [4.78, 5) is 28.6. The summed E-state index contributed by atoms with van der Waals surface area (Å²) in [6.07, 6.45) is 1.42. The smallest absolute Gasteiger partial charge is 0.336 e. The van der Waals surface area contributed by atoms with E-state index in [1.165, 1.54) is 18.3 Å². The van der Waals surface area contributed by atoms with Gasteiger partial charge in [0.15, 0.2) is 5.58 Å². The molecule has 2 aromatic heterocycles. The average Bonchev–Trinajstić information content (AvgIpc) is 2.75. The van der Waals surface area contributed by atoms with Gasteiger partial charge in [-0.2, -0.15) is 0 Å². The quantitative estimate of drug-likeness (QED) is 0.362. The topological polar surface area (TPSA) is 113 Å². The lowest BCUT2D eigenvalue weighted by Crippen LogP contribution is -2.21. The highest BCUT2D eigenvalue weighted by atomic mass is 32.2. The van der Waals surface area contributed by atoms with E-state index in [1.54, 1.807) is 42.5 Å². The summed E-state index contributed by atoms with van der Waals surface area (Å²) in [5.41, 5.74) is 1.64. The van der Waals surface area contributed by atoms with Crippen molar-refractivity contribution in [3.8, 4) is 0 Å². The lowest BCUT2D eigenvalue weighted by molar-refractivity contribution is 0.102. The summed E-state index contributed by atoms with van der Waals surface area (Å²) in [6.45, 7) is 1.91. The molecule has 2 aromatic carbocycles. The normalized spacial score (nSPS) is 11.8. The van der Waals surface area contributed by atoms with Crippen LogP contribution in [0.2, 0.25) is 0 Å². The van der Waals surface area contributed by atoms with E-state index in [4.69, 9.17) is 4.42 Å². The number of benzene rings is 2. The zero-order valence-corrected chi connectivity index (χ0v) is 17.1. The lowest BCUT2D eigenvalue weighted by atomic mass is 10.1. The highest BCUT2D eigenvalue weighted by Gasteiger charge is 2.18. The number of nitrogens with one attached hydrogen (secondary N) is 1. The maximum absolute atomic E-state index is 12.8. The molecule has 0 spiro atoms. The maximum Gasteiger partial charge on any atom is 0.336 e. The van der Waals surface area contributed by atoms with Gasteiger partial charge in [-0.1, -0.05) is 29.8 Å². The first-order chi connectivity index (χ1) is 14.9. The molecular formula is C22H17N3O5S. The van der Waals surface area contributed by atoms with Crippen molar-refractivity contribution in [2.75, 3.05) is 9.62 Å². The van der Waals surface area contributed by atoms with Crippen molar-refractivity contribution >= 4 is 45.3 Å². The summed E-state index contributed by atoms with van der Waals surface area (Å²) in [5, 5.41) is 3.33. The fourth-order valence-electron chi connectivity index (χ4n) is 3.06. The largest absolute Gasteiger partial charge is 0.422 e. The van der Waals surface area contributed by atoms with Crippen LogP contribution in [0, 0.1) is 6.92 Å². The SMILES string of the molecule is Cc1ccc(N(c2cc(NC(=O)c3cccc4ccc(=O)oc34)ccn2)S(=O)O)cc1. The minimum absolute atomic E-state index is 0.173. The van der Waals surface area contributed by atoms with Crippen LogP contribution in [0.4, 0.5) is 17.2 Å². The third-order valence-corrected chi connectivity index (χ3v) is 5.24. The molecule has 0 saturated carbocycles. The first-order valence-corrected chi connectivity index (χ1v) is 10.3. The molecule has 0 aliphatic rings. The third-order valence-electron chi connectivity index (χ3n) is 4.53. The van der Waals surface area contributed by atoms with Gasteiger partial charge in [0, 0.05) is 29.4 Å². The highest BCUT2D eigenvalue weighted by molar-refractivity contribution is 7.81. The van der Waals surface area contributed by atoms with Gasteiger partial charge in [0.25, 0.3) is 17.2 Å². The van der Waals surface area contributed by atoms with Crippen LogP contribution < -0.4 is 15.2 Å². The molecule has 31 heavy (non-hydrogen) atoms. The van der Waals surface area contributed by atoms with Gasteiger partial charge in [0.05, 0.1) is 11.3 Å². The van der Waals surface area contributed by atoms with Crippen LogP contribution in [-0.4, -0.2) is 19.7 Å². The molecule has 0 aliphatic heterocycles. The van der Waals surface area contributed by atoms with Gasteiger partial charge >= 0.3 is 5.63 Å². The molecule has 4 aromatic rings. The van der Waals surface area contributed by atoms with Gasteiger partial charge in [-0.05, 0) is 37.3 Å². The molecule has 9 heteroatoms. The molecule has 2 N–H and O–H groups in total. The minimum Gasteiger partial charge on any atom is -0.422 e. The van der Waals surface area contributed by atoms with Crippen molar-refractivity contribution in [3.63, 3.8) is 0 Å².